The molecule has 0 amide bonds. The lowest BCUT2D eigenvalue weighted by molar-refractivity contribution is 0.616. The van der Waals surface area contributed by atoms with E-state index in [2.05, 4.69) is 6.07 Å². The summed E-state index contributed by atoms with van der Waals surface area (Å²) >= 11 is 1.51. The molecule has 4 rings (SSSR count). The van der Waals surface area contributed by atoms with Gasteiger partial charge in [-0.15, -0.1) is 11.3 Å². The van der Waals surface area contributed by atoms with Crippen LogP contribution in [0.5, 0.6) is 0 Å². The molecule has 98 valence electrons. The Hall–Kier alpha value is -2.13. The van der Waals surface area contributed by atoms with Crippen LogP contribution >= 0.6 is 11.3 Å². The predicted octanol–water partition coefficient (Wildman–Crippen LogP) is 5.76. The van der Waals surface area contributed by atoms with Crippen LogP contribution < -0.4 is 0 Å². The van der Waals surface area contributed by atoms with Gasteiger partial charge >= 0.3 is 0 Å². The Morgan fingerprint density at radius 3 is 2.85 bits per heavy atom. The van der Waals surface area contributed by atoms with Crippen LogP contribution in [-0.2, 0) is 0 Å². The molecule has 0 saturated carbocycles. The van der Waals surface area contributed by atoms with Crippen molar-refractivity contribution in [3.63, 3.8) is 0 Å². The minimum atomic E-state index is -0.147. The fraction of sp³-hybridized carbons (Fsp3) is 0.0588. The van der Waals surface area contributed by atoms with Crippen LogP contribution in [0, 0.1) is 12.7 Å². The van der Waals surface area contributed by atoms with Gasteiger partial charge in [0.05, 0.1) is 11.0 Å². The zero-order valence-corrected chi connectivity index (χ0v) is 11.6. The third-order valence-corrected chi connectivity index (χ3v) is 5.00. The minimum Gasteiger partial charge on any atom is -0.464 e. The summed E-state index contributed by atoms with van der Waals surface area (Å²) in [6.45, 7) is 2.05. The normalized spacial score (nSPS) is 11.5. The van der Waals surface area contributed by atoms with E-state index in [0.717, 1.165) is 37.1 Å². The van der Waals surface area contributed by atoms with Crippen LogP contribution in [0.1, 0.15) is 5.56 Å². The number of hydrogen-bond acceptors (Lipinski definition) is 2. The van der Waals surface area contributed by atoms with Gasteiger partial charge in [0.2, 0.25) is 0 Å². The van der Waals surface area contributed by atoms with Gasteiger partial charge in [0.25, 0.3) is 0 Å². The van der Waals surface area contributed by atoms with E-state index >= 15 is 0 Å². The topological polar surface area (TPSA) is 13.1 Å². The Morgan fingerprint density at radius 2 is 2.00 bits per heavy atom. The summed E-state index contributed by atoms with van der Waals surface area (Å²) in [5.41, 5.74) is 3.11. The summed E-state index contributed by atoms with van der Waals surface area (Å²) in [6.07, 6.45) is 1.69. The fourth-order valence-corrected chi connectivity index (χ4v) is 3.80. The number of aryl methyl sites for hydroxylation is 1. The lowest BCUT2D eigenvalue weighted by Crippen LogP contribution is -1.77. The van der Waals surface area contributed by atoms with E-state index < -0.39 is 0 Å². The Balaban J connectivity index is 2.01. The molecule has 0 unspecified atom stereocenters. The van der Waals surface area contributed by atoms with Gasteiger partial charge in [0.15, 0.2) is 0 Å². The third kappa shape index (κ3) is 1.60. The number of thiophene rings is 1. The second-order valence-corrected chi connectivity index (χ2v) is 5.87. The van der Waals surface area contributed by atoms with Gasteiger partial charge in [-0.1, -0.05) is 12.1 Å². The molecular weight excluding hydrogens is 271 g/mol. The lowest BCUT2D eigenvalue weighted by Gasteiger charge is -2.00. The standard InChI is InChI=1S/C17H11FOS/c1-10-13-3-2-4-14(18)17(13)20-16(10)12-5-6-15-11(9-12)7-8-19-15/h2-9H,1H3. The van der Waals surface area contributed by atoms with E-state index in [1.54, 1.807) is 12.3 Å². The fourth-order valence-electron chi connectivity index (χ4n) is 2.59. The summed E-state index contributed by atoms with van der Waals surface area (Å²) in [5.74, 6) is -0.147. The maximum Gasteiger partial charge on any atom is 0.141 e. The van der Waals surface area contributed by atoms with Crippen LogP contribution in [0.15, 0.2) is 53.1 Å². The Kier molecular flexibility index (Phi) is 2.44. The van der Waals surface area contributed by atoms with Gasteiger partial charge in [0, 0.05) is 10.3 Å². The largest absolute Gasteiger partial charge is 0.464 e. The number of furan rings is 1. The SMILES string of the molecule is Cc1c(-c2ccc3occc3c2)sc2c(F)cccc12. The number of halogens is 1. The minimum absolute atomic E-state index is 0.147. The van der Waals surface area contributed by atoms with E-state index in [9.17, 15) is 4.39 Å². The maximum absolute atomic E-state index is 13.9. The molecule has 0 aliphatic rings. The van der Waals surface area contributed by atoms with Crippen LogP contribution in [0.4, 0.5) is 4.39 Å². The summed E-state index contributed by atoms with van der Waals surface area (Å²) in [4.78, 5) is 1.12. The molecule has 0 N–H and O–H groups in total. The van der Waals surface area contributed by atoms with Crippen LogP contribution in [0.3, 0.4) is 0 Å². The number of benzene rings is 2. The van der Waals surface area contributed by atoms with Gasteiger partial charge < -0.3 is 4.42 Å². The lowest BCUT2D eigenvalue weighted by atomic mass is 10.1. The van der Waals surface area contributed by atoms with E-state index in [4.69, 9.17) is 4.42 Å². The molecule has 3 heteroatoms. The molecule has 0 atom stereocenters. The third-order valence-electron chi connectivity index (χ3n) is 3.63. The molecule has 0 saturated heterocycles. The quantitative estimate of drug-likeness (QED) is 0.432. The monoisotopic (exact) mass is 282 g/mol. The van der Waals surface area contributed by atoms with E-state index in [1.807, 2.05) is 31.2 Å². The second kappa shape index (κ2) is 4.18. The highest BCUT2D eigenvalue weighted by Gasteiger charge is 2.13. The molecule has 0 aliphatic heterocycles. The first-order valence-corrected chi connectivity index (χ1v) is 7.21. The molecule has 0 spiro atoms. The molecule has 2 aromatic heterocycles. The van der Waals surface area contributed by atoms with Gasteiger partial charge in [-0.25, -0.2) is 4.39 Å². The zero-order chi connectivity index (χ0) is 13.7. The highest BCUT2D eigenvalue weighted by molar-refractivity contribution is 7.22. The van der Waals surface area contributed by atoms with E-state index in [0.29, 0.717) is 0 Å². The van der Waals surface area contributed by atoms with Crippen molar-refractivity contribution in [3.05, 3.63) is 60.1 Å². The Labute approximate surface area is 119 Å². The molecule has 2 heterocycles. The Bertz CT molecular complexity index is 933. The smallest absolute Gasteiger partial charge is 0.141 e. The molecule has 20 heavy (non-hydrogen) atoms. The first-order valence-electron chi connectivity index (χ1n) is 6.39. The van der Waals surface area contributed by atoms with Crippen LogP contribution in [0.2, 0.25) is 0 Å². The van der Waals surface area contributed by atoms with Gasteiger partial charge in [-0.2, -0.15) is 0 Å². The molecule has 2 aromatic carbocycles. The van der Waals surface area contributed by atoms with Crippen molar-refractivity contribution < 1.29 is 8.81 Å². The molecule has 0 bridgehead atoms. The van der Waals surface area contributed by atoms with Crippen LogP contribution in [-0.4, -0.2) is 0 Å². The van der Waals surface area contributed by atoms with Crippen molar-refractivity contribution >= 4 is 32.4 Å². The molecular formula is C17H11FOS. The summed E-state index contributed by atoms with van der Waals surface area (Å²) in [5, 5.41) is 2.07. The maximum atomic E-state index is 13.9. The molecule has 4 aromatic rings. The first-order chi connectivity index (χ1) is 9.74. The van der Waals surface area contributed by atoms with Crippen LogP contribution in [0.25, 0.3) is 31.5 Å². The van der Waals surface area contributed by atoms with Crippen molar-refractivity contribution in [1.29, 1.82) is 0 Å². The highest BCUT2D eigenvalue weighted by atomic mass is 32.1. The summed E-state index contributed by atoms with van der Waals surface area (Å²) in [7, 11) is 0. The van der Waals surface area contributed by atoms with Crippen molar-refractivity contribution in [3.8, 4) is 10.4 Å². The van der Waals surface area contributed by atoms with Crippen molar-refractivity contribution in [2.45, 2.75) is 6.92 Å². The summed E-state index contributed by atoms with van der Waals surface area (Å²) in [6, 6.07) is 13.3. The predicted molar refractivity (Wildman–Crippen MR) is 81.7 cm³/mol. The van der Waals surface area contributed by atoms with Gasteiger partial charge in [-0.3, -0.25) is 0 Å². The van der Waals surface area contributed by atoms with Gasteiger partial charge in [-0.05, 0) is 53.8 Å². The number of rotatable bonds is 1. The van der Waals surface area contributed by atoms with E-state index in [-0.39, 0.29) is 5.82 Å². The first kappa shape index (κ1) is 11.7. The number of fused-ring (bicyclic) bond motifs is 2. The van der Waals surface area contributed by atoms with E-state index in [1.165, 1.54) is 17.4 Å². The Morgan fingerprint density at radius 1 is 1.10 bits per heavy atom. The van der Waals surface area contributed by atoms with Crippen molar-refractivity contribution in [1.82, 2.24) is 0 Å². The molecule has 0 radical (unpaired) electrons. The number of hydrogen-bond donors (Lipinski definition) is 0. The molecule has 0 fully saturated rings. The average Bonchev–Trinajstić information content (AvgIpc) is 3.04. The highest BCUT2D eigenvalue weighted by Crippen LogP contribution is 2.40. The second-order valence-electron chi connectivity index (χ2n) is 4.85. The molecule has 0 aliphatic carbocycles. The average molecular weight is 282 g/mol. The van der Waals surface area contributed by atoms with Gasteiger partial charge in [0.1, 0.15) is 11.4 Å². The molecule has 1 nitrogen and oxygen atoms in total. The summed E-state index contributed by atoms with van der Waals surface area (Å²) < 4.78 is 20.0. The van der Waals surface area contributed by atoms with Crippen molar-refractivity contribution in [2.24, 2.45) is 0 Å². The zero-order valence-electron chi connectivity index (χ0n) is 10.8. The van der Waals surface area contributed by atoms with Crippen molar-refractivity contribution in [2.75, 3.05) is 0 Å².